The van der Waals surface area contributed by atoms with Gasteiger partial charge in [0.2, 0.25) is 0 Å². The molecule has 0 aliphatic carbocycles. The first-order valence-electron chi connectivity index (χ1n) is 5.07. The number of allylic oxidation sites excluding steroid dienone is 2. The molecule has 78 valence electrons. The Balaban J connectivity index is 2.99. The lowest BCUT2D eigenvalue weighted by molar-refractivity contribution is -0.112. The summed E-state index contributed by atoms with van der Waals surface area (Å²) in [6.07, 6.45) is 4.07. The first kappa shape index (κ1) is 11.4. The van der Waals surface area contributed by atoms with Crippen LogP contribution < -0.4 is 0 Å². The van der Waals surface area contributed by atoms with Crippen molar-refractivity contribution in [3.05, 3.63) is 42.0 Å². The average molecular weight is 201 g/mol. The lowest BCUT2D eigenvalue weighted by atomic mass is 9.99. The summed E-state index contributed by atoms with van der Waals surface area (Å²) in [5.74, 6) is 0.0121. The zero-order chi connectivity index (χ0) is 11.1. The Hall–Kier alpha value is -1.70. The summed E-state index contributed by atoms with van der Waals surface area (Å²) in [5.41, 5.74) is 1.66. The predicted molar refractivity (Wildman–Crippen MR) is 63.1 cm³/mol. The third-order valence-electron chi connectivity index (χ3n) is 2.08. The average Bonchev–Trinajstić information content (AvgIpc) is 2.27. The Bertz CT molecular complexity index is 365. The maximum atomic E-state index is 11.7. The number of Topliss-reactive ketones (excluding diaryl/α,β-unsaturated/α-hetero) is 1. The zero-order valence-electron chi connectivity index (χ0n) is 8.86. The lowest BCUT2D eigenvalue weighted by Crippen LogP contribution is -2.02. The Morgan fingerprint density at radius 2 is 2.00 bits per heavy atom. The van der Waals surface area contributed by atoms with E-state index in [1.54, 1.807) is 0 Å². The molecule has 1 N–H and O–H groups in total. The van der Waals surface area contributed by atoms with Gasteiger partial charge in [-0.2, -0.15) is 0 Å². The highest BCUT2D eigenvalue weighted by Gasteiger charge is 2.09. The number of hydrogen-bond acceptors (Lipinski definition) is 2. The molecule has 0 aliphatic heterocycles. The van der Waals surface area contributed by atoms with Crippen molar-refractivity contribution in [1.29, 1.82) is 5.41 Å². The first-order chi connectivity index (χ1) is 7.29. The van der Waals surface area contributed by atoms with E-state index in [1.165, 1.54) is 0 Å². The van der Waals surface area contributed by atoms with Crippen LogP contribution in [0.15, 0.2) is 36.4 Å². The fourth-order valence-electron chi connectivity index (χ4n) is 1.42. The van der Waals surface area contributed by atoms with E-state index in [-0.39, 0.29) is 12.2 Å². The Morgan fingerprint density at radius 1 is 1.33 bits per heavy atom. The molecule has 0 unspecified atom stereocenters. The van der Waals surface area contributed by atoms with Crippen LogP contribution in [-0.2, 0) is 4.79 Å². The van der Waals surface area contributed by atoms with E-state index in [1.807, 2.05) is 43.3 Å². The molecule has 1 aromatic rings. The van der Waals surface area contributed by atoms with Crippen molar-refractivity contribution in [1.82, 2.24) is 0 Å². The molecule has 15 heavy (non-hydrogen) atoms. The minimum atomic E-state index is 0.0121. The number of rotatable bonds is 5. The highest BCUT2D eigenvalue weighted by atomic mass is 16.1. The molecule has 0 atom stereocenters. The summed E-state index contributed by atoms with van der Waals surface area (Å²) < 4.78 is 0. The van der Waals surface area contributed by atoms with Crippen LogP contribution in [0, 0.1) is 5.41 Å². The Kier molecular flexibility index (Phi) is 4.48. The largest absolute Gasteiger partial charge is 0.313 e. The molecule has 0 aliphatic rings. The molecule has 0 heterocycles. The molecular formula is C13H15NO. The molecule has 0 saturated carbocycles. The Labute approximate surface area is 90.1 Å². The summed E-state index contributed by atoms with van der Waals surface area (Å²) >= 11 is 0. The van der Waals surface area contributed by atoms with Crippen molar-refractivity contribution in [2.45, 2.75) is 19.8 Å². The van der Waals surface area contributed by atoms with Gasteiger partial charge < -0.3 is 5.41 Å². The van der Waals surface area contributed by atoms with E-state index >= 15 is 0 Å². The van der Waals surface area contributed by atoms with Crippen LogP contribution in [0.4, 0.5) is 0 Å². The van der Waals surface area contributed by atoms with Crippen LogP contribution in [-0.4, -0.2) is 12.0 Å². The van der Waals surface area contributed by atoms with E-state index in [4.69, 9.17) is 5.41 Å². The molecule has 0 fully saturated rings. The predicted octanol–water partition coefficient (Wildman–Crippen LogP) is 3.09. The normalized spacial score (nSPS) is 11.1. The van der Waals surface area contributed by atoms with Gasteiger partial charge in [-0.25, -0.2) is 0 Å². The molecule has 2 nitrogen and oxygen atoms in total. The molecule has 0 bridgehead atoms. The van der Waals surface area contributed by atoms with Gasteiger partial charge in [0, 0.05) is 18.2 Å². The number of benzene rings is 1. The van der Waals surface area contributed by atoms with Crippen LogP contribution in [0.5, 0.6) is 0 Å². The second-order valence-electron chi connectivity index (χ2n) is 3.22. The minimum absolute atomic E-state index is 0.0121. The van der Waals surface area contributed by atoms with Gasteiger partial charge in [0.1, 0.15) is 0 Å². The first-order valence-corrected chi connectivity index (χ1v) is 5.07. The smallest absolute Gasteiger partial charge is 0.168 e. The van der Waals surface area contributed by atoms with Gasteiger partial charge in [0.05, 0.1) is 0 Å². The van der Waals surface area contributed by atoms with Crippen molar-refractivity contribution in [2.24, 2.45) is 0 Å². The van der Waals surface area contributed by atoms with Crippen molar-refractivity contribution >= 4 is 17.6 Å². The molecule has 0 amide bonds. The summed E-state index contributed by atoms with van der Waals surface area (Å²) in [4.78, 5) is 11.7. The molecule has 0 aromatic heterocycles. The van der Waals surface area contributed by atoms with Crippen molar-refractivity contribution in [2.75, 3.05) is 0 Å². The van der Waals surface area contributed by atoms with Gasteiger partial charge in [0.15, 0.2) is 5.78 Å². The van der Waals surface area contributed by atoms with Crippen LogP contribution in [0.25, 0.3) is 5.57 Å². The molecule has 0 radical (unpaired) electrons. The number of carbonyl (C=O) groups is 1. The highest BCUT2D eigenvalue weighted by molar-refractivity contribution is 6.23. The van der Waals surface area contributed by atoms with Crippen LogP contribution in [0.1, 0.15) is 25.3 Å². The SMILES string of the molecule is CC/C=C(/C(=O)CC=N)c1ccccc1. The maximum Gasteiger partial charge on any atom is 0.168 e. The van der Waals surface area contributed by atoms with E-state index in [0.29, 0.717) is 0 Å². The zero-order valence-corrected chi connectivity index (χ0v) is 8.86. The number of ketones is 1. The fraction of sp³-hybridized carbons (Fsp3) is 0.231. The van der Waals surface area contributed by atoms with Crippen molar-refractivity contribution in [3.63, 3.8) is 0 Å². The topological polar surface area (TPSA) is 40.9 Å². The van der Waals surface area contributed by atoms with Gasteiger partial charge >= 0.3 is 0 Å². The Morgan fingerprint density at radius 3 is 2.53 bits per heavy atom. The van der Waals surface area contributed by atoms with E-state index in [2.05, 4.69) is 0 Å². The molecule has 0 saturated heterocycles. The van der Waals surface area contributed by atoms with Gasteiger partial charge in [0.25, 0.3) is 0 Å². The third-order valence-corrected chi connectivity index (χ3v) is 2.08. The standard InChI is InChI=1S/C13H15NO/c1-2-6-12(13(15)9-10-14)11-7-4-3-5-8-11/h3-8,10,14H,2,9H2,1H3/b12-6+,14-10?. The highest BCUT2D eigenvalue weighted by Crippen LogP contribution is 2.16. The van der Waals surface area contributed by atoms with Crippen molar-refractivity contribution < 1.29 is 4.79 Å². The lowest BCUT2D eigenvalue weighted by Gasteiger charge is -2.04. The quantitative estimate of drug-likeness (QED) is 0.577. The number of carbonyl (C=O) groups excluding carboxylic acids is 1. The third kappa shape index (κ3) is 3.17. The van der Waals surface area contributed by atoms with Crippen molar-refractivity contribution in [3.8, 4) is 0 Å². The van der Waals surface area contributed by atoms with E-state index < -0.39 is 0 Å². The minimum Gasteiger partial charge on any atom is -0.313 e. The molecular weight excluding hydrogens is 186 g/mol. The van der Waals surface area contributed by atoms with Crippen LogP contribution >= 0.6 is 0 Å². The second kappa shape index (κ2) is 5.91. The number of hydrogen-bond donors (Lipinski definition) is 1. The summed E-state index contributed by atoms with van der Waals surface area (Å²) in [5, 5.41) is 6.95. The van der Waals surface area contributed by atoms with Gasteiger partial charge in [-0.1, -0.05) is 43.3 Å². The second-order valence-corrected chi connectivity index (χ2v) is 3.22. The maximum absolute atomic E-state index is 11.7. The molecule has 0 spiro atoms. The number of nitrogens with one attached hydrogen (secondary N) is 1. The summed E-state index contributed by atoms with van der Waals surface area (Å²) in [6.45, 7) is 2.00. The fourth-order valence-corrected chi connectivity index (χ4v) is 1.42. The summed E-state index contributed by atoms with van der Waals surface area (Å²) in [6, 6.07) is 9.59. The van der Waals surface area contributed by atoms with Crippen LogP contribution in [0.3, 0.4) is 0 Å². The van der Waals surface area contributed by atoms with Gasteiger partial charge in [-0.15, -0.1) is 0 Å². The molecule has 1 aromatic carbocycles. The van der Waals surface area contributed by atoms with Crippen LogP contribution in [0.2, 0.25) is 0 Å². The molecule has 2 heteroatoms. The monoisotopic (exact) mass is 201 g/mol. The van der Waals surface area contributed by atoms with E-state index in [0.717, 1.165) is 23.8 Å². The van der Waals surface area contributed by atoms with Gasteiger partial charge in [-0.3, -0.25) is 4.79 Å². The van der Waals surface area contributed by atoms with Gasteiger partial charge in [-0.05, 0) is 12.0 Å². The summed E-state index contributed by atoms with van der Waals surface area (Å²) in [7, 11) is 0. The van der Waals surface area contributed by atoms with E-state index in [9.17, 15) is 4.79 Å². The molecule has 1 rings (SSSR count).